The summed E-state index contributed by atoms with van der Waals surface area (Å²) in [6.07, 6.45) is -0.0815. The molecular formula is C12H14FNO3S. The highest BCUT2D eigenvalue weighted by Gasteiger charge is 2.21. The van der Waals surface area contributed by atoms with E-state index in [2.05, 4.69) is 0 Å². The number of carbonyl (C=O) groups is 1. The van der Waals surface area contributed by atoms with E-state index in [1.165, 1.54) is 18.2 Å². The minimum atomic E-state index is -1.10. The summed E-state index contributed by atoms with van der Waals surface area (Å²) in [5, 5.41) is 8.98. The number of ether oxygens (including phenoxy) is 1. The van der Waals surface area contributed by atoms with Crippen molar-refractivity contribution in [2.45, 2.75) is 25.9 Å². The molecular weight excluding hydrogens is 257 g/mol. The van der Waals surface area contributed by atoms with Crippen molar-refractivity contribution in [3.05, 3.63) is 29.6 Å². The van der Waals surface area contributed by atoms with Gasteiger partial charge in [0.05, 0.1) is 5.56 Å². The molecule has 98 valence electrons. The fourth-order valence-corrected chi connectivity index (χ4v) is 1.69. The molecule has 0 aliphatic heterocycles. The molecule has 18 heavy (non-hydrogen) atoms. The molecule has 0 aromatic heterocycles. The predicted octanol–water partition coefficient (Wildman–Crippen LogP) is 2.09. The lowest BCUT2D eigenvalue weighted by Gasteiger charge is -2.17. The van der Waals surface area contributed by atoms with Crippen LogP contribution in [-0.4, -0.2) is 22.2 Å². The van der Waals surface area contributed by atoms with Gasteiger partial charge in [0, 0.05) is 0 Å². The van der Waals surface area contributed by atoms with E-state index >= 15 is 0 Å². The summed E-state index contributed by atoms with van der Waals surface area (Å²) in [6.45, 7) is 1.83. The van der Waals surface area contributed by atoms with Crippen LogP contribution in [0.3, 0.4) is 0 Å². The number of aliphatic carboxylic acids is 1. The Bertz CT molecular complexity index is 465. The molecule has 6 heteroatoms. The zero-order valence-electron chi connectivity index (χ0n) is 9.85. The number of hydrogen-bond acceptors (Lipinski definition) is 3. The molecule has 0 saturated carbocycles. The van der Waals surface area contributed by atoms with Crippen LogP contribution >= 0.6 is 12.2 Å². The van der Waals surface area contributed by atoms with E-state index in [1.54, 1.807) is 0 Å². The van der Waals surface area contributed by atoms with E-state index in [0.717, 1.165) is 0 Å². The molecule has 3 N–H and O–H groups in total. The first-order valence-electron chi connectivity index (χ1n) is 5.45. The monoisotopic (exact) mass is 271 g/mol. The summed E-state index contributed by atoms with van der Waals surface area (Å²) in [5.74, 6) is -1.67. The highest BCUT2D eigenvalue weighted by atomic mass is 32.1. The van der Waals surface area contributed by atoms with Crippen molar-refractivity contribution in [3.63, 3.8) is 0 Å². The van der Waals surface area contributed by atoms with E-state index in [9.17, 15) is 9.18 Å². The van der Waals surface area contributed by atoms with Gasteiger partial charge in [-0.1, -0.05) is 31.6 Å². The second kappa shape index (κ2) is 6.30. The van der Waals surface area contributed by atoms with Crippen LogP contribution in [0.2, 0.25) is 0 Å². The van der Waals surface area contributed by atoms with Gasteiger partial charge in [-0.15, -0.1) is 0 Å². The fourth-order valence-electron chi connectivity index (χ4n) is 1.49. The Kier molecular flexibility index (Phi) is 5.03. The number of halogens is 1. The third-order valence-corrected chi connectivity index (χ3v) is 2.52. The van der Waals surface area contributed by atoms with E-state index in [1.807, 2.05) is 6.92 Å². The molecule has 0 amide bonds. The summed E-state index contributed by atoms with van der Waals surface area (Å²) >= 11 is 4.73. The van der Waals surface area contributed by atoms with Gasteiger partial charge in [0.25, 0.3) is 0 Å². The molecule has 0 aliphatic rings. The average molecular weight is 271 g/mol. The zero-order chi connectivity index (χ0) is 13.7. The fraction of sp³-hybridized carbons (Fsp3) is 0.333. The molecule has 1 rings (SSSR count). The Morgan fingerprint density at radius 3 is 2.78 bits per heavy atom. The molecule has 1 aromatic rings. The van der Waals surface area contributed by atoms with Crippen LogP contribution in [0.4, 0.5) is 4.39 Å². The van der Waals surface area contributed by atoms with Crippen molar-refractivity contribution in [1.82, 2.24) is 0 Å². The largest absolute Gasteiger partial charge is 0.479 e. The van der Waals surface area contributed by atoms with Crippen LogP contribution in [0, 0.1) is 5.82 Å². The third-order valence-electron chi connectivity index (χ3n) is 2.32. The molecule has 1 aromatic carbocycles. The Labute approximate surface area is 110 Å². The van der Waals surface area contributed by atoms with Crippen molar-refractivity contribution >= 4 is 23.2 Å². The molecule has 1 atom stereocenters. The zero-order valence-corrected chi connectivity index (χ0v) is 10.7. The number of rotatable bonds is 6. The molecule has 0 spiro atoms. The highest BCUT2D eigenvalue weighted by Crippen LogP contribution is 2.23. The lowest BCUT2D eigenvalue weighted by molar-refractivity contribution is -0.145. The Hall–Kier alpha value is -1.69. The van der Waals surface area contributed by atoms with Gasteiger partial charge in [0.15, 0.2) is 6.10 Å². The molecule has 0 fully saturated rings. The van der Waals surface area contributed by atoms with Crippen LogP contribution in [0.15, 0.2) is 18.2 Å². The first-order valence-corrected chi connectivity index (χ1v) is 5.86. The minimum absolute atomic E-state index is 0.0587. The van der Waals surface area contributed by atoms with E-state index in [0.29, 0.717) is 12.8 Å². The Morgan fingerprint density at radius 2 is 2.28 bits per heavy atom. The molecule has 0 heterocycles. The molecule has 4 nitrogen and oxygen atoms in total. The standard InChI is InChI=1S/C12H14FNO3S/c1-2-4-9(12(15)16)17-8-6-3-5-7(13)10(8)11(14)18/h3,5-6,9H,2,4H2,1H3,(H2,14,18)(H,15,16). The maximum Gasteiger partial charge on any atom is 0.344 e. The summed E-state index contributed by atoms with van der Waals surface area (Å²) in [4.78, 5) is 10.8. The number of benzene rings is 1. The SMILES string of the molecule is CCCC(Oc1cccc(F)c1C(N)=S)C(=O)O. The van der Waals surface area contributed by atoms with Gasteiger partial charge in [-0.05, 0) is 18.6 Å². The lowest BCUT2D eigenvalue weighted by Crippen LogP contribution is -2.28. The summed E-state index contributed by atoms with van der Waals surface area (Å²) in [7, 11) is 0. The molecule has 0 aliphatic carbocycles. The van der Waals surface area contributed by atoms with Crippen molar-refractivity contribution in [2.75, 3.05) is 0 Å². The van der Waals surface area contributed by atoms with Gasteiger partial charge >= 0.3 is 5.97 Å². The van der Waals surface area contributed by atoms with Crippen molar-refractivity contribution in [3.8, 4) is 5.75 Å². The number of carboxylic acids is 1. The normalized spacial score (nSPS) is 11.9. The van der Waals surface area contributed by atoms with Crippen molar-refractivity contribution in [1.29, 1.82) is 0 Å². The molecule has 0 bridgehead atoms. The van der Waals surface area contributed by atoms with Crippen LogP contribution in [0.25, 0.3) is 0 Å². The second-order valence-corrected chi connectivity index (χ2v) is 4.15. The molecule has 0 radical (unpaired) electrons. The van der Waals surface area contributed by atoms with Gasteiger partial charge in [-0.2, -0.15) is 0 Å². The first-order chi connectivity index (χ1) is 8.47. The van der Waals surface area contributed by atoms with Crippen molar-refractivity contribution in [2.24, 2.45) is 5.73 Å². The number of nitrogens with two attached hydrogens (primary N) is 1. The van der Waals surface area contributed by atoms with Crippen LogP contribution in [-0.2, 0) is 4.79 Å². The number of carboxylic acid groups (broad SMARTS) is 1. The summed E-state index contributed by atoms with van der Waals surface area (Å²) in [6, 6.07) is 4.05. The Morgan fingerprint density at radius 1 is 1.61 bits per heavy atom. The van der Waals surface area contributed by atoms with Crippen LogP contribution in [0.5, 0.6) is 5.75 Å². The first kappa shape index (κ1) is 14.4. The predicted molar refractivity (Wildman–Crippen MR) is 69.2 cm³/mol. The van der Waals surface area contributed by atoms with E-state index in [4.69, 9.17) is 27.8 Å². The third kappa shape index (κ3) is 3.40. The maximum atomic E-state index is 13.5. The lowest BCUT2D eigenvalue weighted by atomic mass is 10.1. The van der Waals surface area contributed by atoms with Gasteiger partial charge < -0.3 is 15.6 Å². The number of thiocarbonyl (C=S) groups is 1. The maximum absolute atomic E-state index is 13.5. The topological polar surface area (TPSA) is 72.5 Å². The second-order valence-electron chi connectivity index (χ2n) is 3.71. The van der Waals surface area contributed by atoms with E-state index < -0.39 is 17.9 Å². The Balaban J connectivity index is 3.06. The smallest absolute Gasteiger partial charge is 0.344 e. The highest BCUT2D eigenvalue weighted by molar-refractivity contribution is 7.80. The van der Waals surface area contributed by atoms with Gasteiger partial charge in [-0.3, -0.25) is 0 Å². The quantitative estimate of drug-likeness (QED) is 0.775. The molecule has 0 saturated heterocycles. The summed E-state index contributed by atoms with van der Waals surface area (Å²) < 4.78 is 18.8. The van der Waals surface area contributed by atoms with Crippen molar-refractivity contribution < 1.29 is 19.0 Å². The summed E-state index contributed by atoms with van der Waals surface area (Å²) in [5.41, 5.74) is 5.34. The van der Waals surface area contributed by atoms with E-state index in [-0.39, 0.29) is 16.3 Å². The minimum Gasteiger partial charge on any atom is -0.479 e. The van der Waals surface area contributed by atoms with Gasteiger partial charge in [0.2, 0.25) is 0 Å². The molecule has 1 unspecified atom stereocenters. The average Bonchev–Trinajstić information content (AvgIpc) is 2.27. The van der Waals surface area contributed by atoms with Gasteiger partial charge in [0.1, 0.15) is 16.6 Å². The van der Waals surface area contributed by atoms with Crippen LogP contribution < -0.4 is 10.5 Å². The van der Waals surface area contributed by atoms with Crippen LogP contribution in [0.1, 0.15) is 25.3 Å². The van der Waals surface area contributed by atoms with Gasteiger partial charge in [-0.25, -0.2) is 9.18 Å². The number of hydrogen-bond donors (Lipinski definition) is 2.